The number of hydrogen-bond acceptors (Lipinski definition) is 1. The Balaban J connectivity index is 0.00000192. The van der Waals surface area contributed by atoms with Crippen LogP contribution in [0, 0.1) is 0 Å². The molecule has 0 aromatic heterocycles. The monoisotopic (exact) mass is 348 g/mol. The van der Waals surface area contributed by atoms with Crippen LogP contribution in [0.5, 0.6) is 0 Å². The molecule has 2 nitrogen and oxygen atoms in total. The summed E-state index contributed by atoms with van der Waals surface area (Å²) in [6, 6.07) is 21.7. The number of amidine groups is 1. The van der Waals surface area contributed by atoms with Crippen LogP contribution in [0.3, 0.4) is 0 Å². The van der Waals surface area contributed by atoms with Gasteiger partial charge in [-0.3, -0.25) is 0 Å². The van der Waals surface area contributed by atoms with Crippen LogP contribution in [0.25, 0.3) is 0 Å². The number of hydrogen-bond donors (Lipinski definition) is 0. The molecule has 0 bridgehead atoms. The highest BCUT2D eigenvalue weighted by atomic mass is 35.5. The summed E-state index contributed by atoms with van der Waals surface area (Å²) in [5, 5.41) is 0.854. The van der Waals surface area contributed by atoms with Crippen LogP contribution in [0.15, 0.2) is 60.7 Å². The first-order valence-electron chi connectivity index (χ1n) is 7.84. The van der Waals surface area contributed by atoms with Crippen molar-refractivity contribution in [3.8, 4) is 0 Å². The van der Waals surface area contributed by atoms with Gasteiger partial charge in [-0.15, -0.1) is 0 Å². The van der Waals surface area contributed by atoms with E-state index in [1.165, 1.54) is 11.1 Å². The maximum absolute atomic E-state index is 6.70. The van der Waals surface area contributed by atoms with Gasteiger partial charge < -0.3 is 12.4 Å². The summed E-state index contributed by atoms with van der Waals surface area (Å²) in [5.41, 5.74) is 2.60. The van der Waals surface area contributed by atoms with E-state index < -0.39 is 0 Å². The molecule has 0 spiro atoms. The summed E-state index contributed by atoms with van der Waals surface area (Å²) in [5.74, 6) is 0. The Morgan fingerprint density at radius 1 is 0.913 bits per heavy atom. The van der Waals surface area contributed by atoms with Gasteiger partial charge in [-0.25, -0.2) is 9.48 Å². The lowest BCUT2D eigenvalue weighted by Gasteiger charge is -2.18. The van der Waals surface area contributed by atoms with Crippen LogP contribution in [-0.4, -0.2) is 27.9 Å². The van der Waals surface area contributed by atoms with Crippen LogP contribution < -0.4 is 12.4 Å². The van der Waals surface area contributed by atoms with Gasteiger partial charge in [0.15, 0.2) is 0 Å². The summed E-state index contributed by atoms with van der Waals surface area (Å²) >= 11 is 6.70. The molecule has 0 N–H and O–H groups in total. The van der Waals surface area contributed by atoms with E-state index in [9.17, 15) is 0 Å². The van der Waals surface area contributed by atoms with E-state index in [0.717, 1.165) is 18.4 Å². The van der Waals surface area contributed by atoms with Gasteiger partial charge >= 0.3 is 5.29 Å². The van der Waals surface area contributed by atoms with Crippen molar-refractivity contribution >= 4 is 16.9 Å². The smallest absolute Gasteiger partial charge is 0.346 e. The third-order valence-electron chi connectivity index (χ3n) is 4.55. The van der Waals surface area contributed by atoms with Gasteiger partial charge in [-0.1, -0.05) is 60.7 Å². The number of benzene rings is 2. The van der Waals surface area contributed by atoms with Crippen LogP contribution in [0.2, 0.25) is 0 Å². The molecule has 1 aliphatic heterocycles. The molecular weight excluding hydrogens is 327 g/mol. The van der Waals surface area contributed by atoms with Gasteiger partial charge in [0.1, 0.15) is 25.2 Å². The first kappa shape index (κ1) is 17.8. The molecule has 4 heteroatoms. The average molecular weight is 349 g/mol. The minimum Gasteiger partial charge on any atom is -1.00 e. The standard InChI is InChI=1S/C19H22ClN2.ClH/c1-15(17-9-5-3-6-10-17)21-13-14-22(19(21)20)16(2)18-11-7-4-8-12-18;/h3-12,15-16H,13-14H2,1-2H3;1H/q+1;/p-1/t15-,16-;/m0./s1. The first-order chi connectivity index (χ1) is 10.7. The summed E-state index contributed by atoms with van der Waals surface area (Å²) in [6.45, 7) is 6.36. The van der Waals surface area contributed by atoms with Crippen molar-refractivity contribution in [2.75, 3.05) is 13.1 Å². The molecule has 2 atom stereocenters. The topological polar surface area (TPSA) is 6.25 Å². The van der Waals surface area contributed by atoms with E-state index in [4.69, 9.17) is 11.6 Å². The Morgan fingerprint density at radius 3 is 2.00 bits per heavy atom. The third-order valence-corrected chi connectivity index (χ3v) is 4.99. The fourth-order valence-electron chi connectivity index (χ4n) is 3.09. The van der Waals surface area contributed by atoms with Crippen LogP contribution in [0.4, 0.5) is 0 Å². The second kappa shape index (κ2) is 7.85. The molecule has 1 heterocycles. The third kappa shape index (κ3) is 3.70. The van der Waals surface area contributed by atoms with E-state index in [0.29, 0.717) is 12.1 Å². The molecule has 0 saturated heterocycles. The van der Waals surface area contributed by atoms with Crippen LogP contribution >= 0.6 is 11.6 Å². The van der Waals surface area contributed by atoms with Crippen LogP contribution in [0.1, 0.15) is 37.1 Å². The van der Waals surface area contributed by atoms with Crippen molar-refractivity contribution < 1.29 is 17.0 Å². The van der Waals surface area contributed by atoms with Gasteiger partial charge in [0, 0.05) is 11.6 Å². The van der Waals surface area contributed by atoms with E-state index >= 15 is 0 Å². The Kier molecular flexibility index (Phi) is 6.09. The fraction of sp³-hybridized carbons (Fsp3) is 0.316. The van der Waals surface area contributed by atoms with Crippen molar-refractivity contribution in [2.45, 2.75) is 25.9 Å². The molecule has 122 valence electrons. The second-order valence-corrected chi connectivity index (χ2v) is 6.17. The predicted octanol–water partition coefficient (Wildman–Crippen LogP) is 1.44. The summed E-state index contributed by atoms with van der Waals surface area (Å²) in [4.78, 5) is 2.29. The first-order valence-corrected chi connectivity index (χ1v) is 8.22. The number of rotatable bonds is 4. The Bertz CT molecular complexity index is 656. The minimum atomic E-state index is 0. The van der Waals surface area contributed by atoms with Crippen molar-refractivity contribution in [1.29, 1.82) is 0 Å². The lowest BCUT2D eigenvalue weighted by molar-refractivity contribution is -0.557. The molecule has 23 heavy (non-hydrogen) atoms. The minimum absolute atomic E-state index is 0. The van der Waals surface area contributed by atoms with E-state index in [1.54, 1.807) is 0 Å². The van der Waals surface area contributed by atoms with Gasteiger partial charge in [0.2, 0.25) is 0 Å². The molecule has 0 fully saturated rings. The molecule has 2 aromatic rings. The predicted molar refractivity (Wildman–Crippen MR) is 92.4 cm³/mol. The lowest BCUT2D eigenvalue weighted by Crippen LogP contribution is -3.00. The Hall–Kier alpha value is -1.51. The maximum atomic E-state index is 6.70. The van der Waals surface area contributed by atoms with Crippen molar-refractivity contribution in [3.05, 3.63) is 71.8 Å². The lowest BCUT2D eigenvalue weighted by atomic mass is 10.1. The average Bonchev–Trinajstić information content (AvgIpc) is 2.96. The van der Waals surface area contributed by atoms with Gasteiger partial charge in [0.25, 0.3) is 0 Å². The van der Waals surface area contributed by atoms with Crippen LogP contribution in [-0.2, 0) is 0 Å². The summed E-state index contributed by atoms with van der Waals surface area (Å²) in [6.07, 6.45) is 0. The molecule has 0 radical (unpaired) electrons. The molecule has 3 rings (SSSR count). The SMILES string of the molecule is C[C@@H](c1ccccc1)N1CC[N+]([C@@H](C)c2ccccc2)=C1Cl.[Cl-]. The Morgan fingerprint density at radius 2 is 1.43 bits per heavy atom. The van der Waals surface area contributed by atoms with Gasteiger partial charge in [-0.05, 0) is 25.0 Å². The quantitative estimate of drug-likeness (QED) is 0.598. The normalized spacial score (nSPS) is 16.9. The zero-order valence-electron chi connectivity index (χ0n) is 13.5. The highest BCUT2D eigenvalue weighted by Crippen LogP contribution is 2.27. The molecule has 0 aliphatic carbocycles. The van der Waals surface area contributed by atoms with E-state index in [-0.39, 0.29) is 12.4 Å². The molecule has 0 saturated carbocycles. The van der Waals surface area contributed by atoms with Crippen molar-refractivity contribution in [1.82, 2.24) is 4.90 Å². The Labute approximate surface area is 149 Å². The highest BCUT2D eigenvalue weighted by Gasteiger charge is 2.36. The molecule has 0 amide bonds. The second-order valence-electron chi connectivity index (χ2n) is 5.83. The molecular formula is C19H22Cl2N2. The largest absolute Gasteiger partial charge is 1.00 e. The maximum Gasteiger partial charge on any atom is 0.346 e. The molecule has 2 aromatic carbocycles. The van der Waals surface area contributed by atoms with Crippen molar-refractivity contribution in [3.63, 3.8) is 0 Å². The number of halogens is 2. The molecule has 1 aliphatic rings. The zero-order chi connectivity index (χ0) is 15.5. The summed E-state index contributed by atoms with van der Waals surface area (Å²) in [7, 11) is 0. The van der Waals surface area contributed by atoms with Crippen molar-refractivity contribution in [2.24, 2.45) is 0 Å². The van der Waals surface area contributed by atoms with E-state index in [1.807, 2.05) is 0 Å². The molecule has 0 unspecified atom stereocenters. The number of nitrogens with zero attached hydrogens (tertiary/aromatic N) is 2. The van der Waals surface area contributed by atoms with Gasteiger partial charge in [-0.2, -0.15) is 0 Å². The fourth-order valence-corrected chi connectivity index (χ4v) is 3.56. The zero-order valence-corrected chi connectivity index (χ0v) is 15.0. The summed E-state index contributed by atoms with van der Waals surface area (Å²) < 4.78 is 2.29. The van der Waals surface area contributed by atoms with E-state index in [2.05, 4.69) is 84.0 Å². The van der Waals surface area contributed by atoms with Gasteiger partial charge in [0.05, 0.1) is 0 Å². The highest BCUT2D eigenvalue weighted by molar-refractivity contribution is 6.63.